The summed E-state index contributed by atoms with van der Waals surface area (Å²) in [5.74, 6) is 0.126. The highest BCUT2D eigenvalue weighted by atomic mass is 16.5. The van der Waals surface area contributed by atoms with E-state index in [2.05, 4.69) is 5.10 Å². The molecule has 0 amide bonds. The van der Waals surface area contributed by atoms with Crippen LogP contribution in [0, 0.1) is 0 Å². The smallest absolute Gasteiger partial charge is 0.347 e. The van der Waals surface area contributed by atoms with E-state index in [1.807, 2.05) is 0 Å². The number of aryl methyl sites for hydroxylation is 1. The van der Waals surface area contributed by atoms with Crippen molar-refractivity contribution in [2.75, 3.05) is 18.9 Å². The molecule has 1 aliphatic heterocycles. The zero-order valence-corrected chi connectivity index (χ0v) is 8.52. The zero-order chi connectivity index (χ0) is 10.8. The monoisotopic (exact) mass is 211 g/mol. The SMILES string of the molecule is CCOC(=O)c1c(N)nn2c1OCCC2. The summed E-state index contributed by atoms with van der Waals surface area (Å²) in [5, 5.41) is 4.02. The molecule has 2 heterocycles. The molecule has 0 saturated heterocycles. The predicted octanol–water partition coefficient (Wildman–Crippen LogP) is 0.424. The molecular weight excluding hydrogens is 198 g/mol. The number of ether oxygens (including phenoxy) is 2. The lowest BCUT2D eigenvalue weighted by molar-refractivity contribution is 0.0520. The molecule has 1 aliphatic rings. The summed E-state index contributed by atoms with van der Waals surface area (Å²) < 4.78 is 11.8. The summed E-state index contributed by atoms with van der Waals surface area (Å²) in [6.45, 7) is 3.35. The number of esters is 1. The van der Waals surface area contributed by atoms with Gasteiger partial charge in [0.2, 0.25) is 5.88 Å². The summed E-state index contributed by atoms with van der Waals surface area (Å²) in [5.41, 5.74) is 5.89. The lowest BCUT2D eigenvalue weighted by Gasteiger charge is -2.15. The third-order valence-electron chi connectivity index (χ3n) is 2.17. The van der Waals surface area contributed by atoms with Crippen molar-refractivity contribution in [3.8, 4) is 5.88 Å². The normalized spacial score (nSPS) is 14.2. The zero-order valence-electron chi connectivity index (χ0n) is 8.52. The van der Waals surface area contributed by atoms with Gasteiger partial charge in [-0.05, 0) is 6.92 Å². The summed E-state index contributed by atoms with van der Waals surface area (Å²) in [4.78, 5) is 11.6. The summed E-state index contributed by atoms with van der Waals surface area (Å²) >= 11 is 0. The molecule has 6 heteroatoms. The Morgan fingerprint density at radius 1 is 1.73 bits per heavy atom. The molecule has 0 aromatic carbocycles. The Hall–Kier alpha value is -1.72. The molecule has 2 rings (SSSR count). The molecule has 0 spiro atoms. The number of hydrogen-bond acceptors (Lipinski definition) is 5. The second kappa shape index (κ2) is 3.80. The number of nitrogen functional groups attached to an aromatic ring is 1. The fourth-order valence-corrected chi connectivity index (χ4v) is 1.54. The van der Waals surface area contributed by atoms with E-state index in [4.69, 9.17) is 15.2 Å². The van der Waals surface area contributed by atoms with E-state index in [1.165, 1.54) is 0 Å². The maximum atomic E-state index is 11.6. The van der Waals surface area contributed by atoms with Gasteiger partial charge in [0.05, 0.1) is 13.2 Å². The summed E-state index contributed by atoms with van der Waals surface area (Å²) in [6.07, 6.45) is 0.871. The number of carbonyl (C=O) groups is 1. The molecule has 0 bridgehead atoms. The topological polar surface area (TPSA) is 79.4 Å². The quantitative estimate of drug-likeness (QED) is 0.717. The van der Waals surface area contributed by atoms with Crippen LogP contribution < -0.4 is 10.5 Å². The second-order valence-electron chi connectivity index (χ2n) is 3.21. The van der Waals surface area contributed by atoms with Gasteiger partial charge in [0.25, 0.3) is 0 Å². The molecule has 0 radical (unpaired) electrons. The number of fused-ring (bicyclic) bond motifs is 1. The summed E-state index contributed by atoms with van der Waals surface area (Å²) in [6, 6.07) is 0. The van der Waals surface area contributed by atoms with Crippen molar-refractivity contribution in [1.82, 2.24) is 9.78 Å². The third-order valence-corrected chi connectivity index (χ3v) is 2.17. The molecule has 82 valence electrons. The van der Waals surface area contributed by atoms with E-state index >= 15 is 0 Å². The minimum absolute atomic E-state index is 0.172. The Morgan fingerprint density at radius 3 is 3.27 bits per heavy atom. The first-order valence-corrected chi connectivity index (χ1v) is 4.90. The van der Waals surface area contributed by atoms with Crippen molar-refractivity contribution < 1.29 is 14.3 Å². The van der Waals surface area contributed by atoms with Crippen molar-refractivity contribution >= 4 is 11.8 Å². The van der Waals surface area contributed by atoms with Gasteiger partial charge >= 0.3 is 5.97 Å². The lowest BCUT2D eigenvalue weighted by atomic mass is 10.3. The minimum Gasteiger partial charge on any atom is -0.477 e. The van der Waals surface area contributed by atoms with Crippen LogP contribution in [0.3, 0.4) is 0 Å². The number of nitrogens with two attached hydrogens (primary N) is 1. The highest BCUT2D eigenvalue weighted by Gasteiger charge is 2.26. The maximum absolute atomic E-state index is 11.6. The molecular formula is C9H13N3O3. The molecule has 0 atom stereocenters. The molecule has 6 nitrogen and oxygen atoms in total. The average molecular weight is 211 g/mol. The van der Waals surface area contributed by atoms with Crippen molar-refractivity contribution in [3.05, 3.63) is 5.56 Å². The minimum atomic E-state index is -0.474. The van der Waals surface area contributed by atoms with Crippen LogP contribution in [0.15, 0.2) is 0 Å². The molecule has 2 N–H and O–H groups in total. The number of aromatic nitrogens is 2. The predicted molar refractivity (Wildman–Crippen MR) is 52.7 cm³/mol. The Kier molecular flexibility index (Phi) is 2.49. The number of anilines is 1. The Morgan fingerprint density at radius 2 is 2.53 bits per heavy atom. The first-order chi connectivity index (χ1) is 7.24. The number of rotatable bonds is 2. The van der Waals surface area contributed by atoms with Gasteiger partial charge in [-0.1, -0.05) is 0 Å². The largest absolute Gasteiger partial charge is 0.477 e. The van der Waals surface area contributed by atoms with Crippen LogP contribution in [0.1, 0.15) is 23.7 Å². The maximum Gasteiger partial charge on any atom is 0.347 e. The van der Waals surface area contributed by atoms with Crippen molar-refractivity contribution in [3.63, 3.8) is 0 Å². The van der Waals surface area contributed by atoms with Gasteiger partial charge in [0.1, 0.15) is 0 Å². The van der Waals surface area contributed by atoms with Crippen molar-refractivity contribution in [2.24, 2.45) is 0 Å². The van der Waals surface area contributed by atoms with Crippen LogP contribution in [-0.2, 0) is 11.3 Å². The van der Waals surface area contributed by atoms with E-state index in [9.17, 15) is 4.79 Å². The molecule has 1 aromatic heterocycles. The number of carbonyl (C=O) groups excluding carboxylic acids is 1. The first kappa shape index (κ1) is 9.82. The molecule has 0 unspecified atom stereocenters. The number of hydrogen-bond donors (Lipinski definition) is 1. The van der Waals surface area contributed by atoms with Gasteiger partial charge in [-0.2, -0.15) is 5.10 Å². The van der Waals surface area contributed by atoms with Crippen LogP contribution in [-0.4, -0.2) is 29.0 Å². The fraction of sp³-hybridized carbons (Fsp3) is 0.556. The van der Waals surface area contributed by atoms with E-state index in [1.54, 1.807) is 11.6 Å². The van der Waals surface area contributed by atoms with Gasteiger partial charge in [-0.3, -0.25) is 0 Å². The van der Waals surface area contributed by atoms with Crippen LogP contribution in [0.5, 0.6) is 5.88 Å². The van der Waals surface area contributed by atoms with Crippen molar-refractivity contribution in [1.29, 1.82) is 0 Å². The molecule has 0 saturated carbocycles. The summed E-state index contributed by atoms with van der Waals surface area (Å²) in [7, 11) is 0. The van der Waals surface area contributed by atoms with Crippen LogP contribution in [0.2, 0.25) is 0 Å². The van der Waals surface area contributed by atoms with Crippen LogP contribution >= 0.6 is 0 Å². The van der Waals surface area contributed by atoms with Crippen molar-refractivity contribution in [2.45, 2.75) is 19.9 Å². The fourth-order valence-electron chi connectivity index (χ4n) is 1.54. The van der Waals surface area contributed by atoms with E-state index in [-0.39, 0.29) is 11.4 Å². The van der Waals surface area contributed by atoms with E-state index in [0.717, 1.165) is 13.0 Å². The third kappa shape index (κ3) is 1.62. The first-order valence-electron chi connectivity index (χ1n) is 4.90. The lowest BCUT2D eigenvalue weighted by Crippen LogP contribution is -2.16. The van der Waals surface area contributed by atoms with Gasteiger partial charge in [-0.25, -0.2) is 9.48 Å². The Labute approximate surface area is 87.0 Å². The molecule has 0 fully saturated rings. The Bertz CT molecular complexity index is 386. The van der Waals surface area contributed by atoms with Crippen LogP contribution in [0.25, 0.3) is 0 Å². The molecule has 15 heavy (non-hydrogen) atoms. The average Bonchev–Trinajstić information content (AvgIpc) is 2.54. The molecule has 0 aliphatic carbocycles. The second-order valence-corrected chi connectivity index (χ2v) is 3.21. The van der Waals surface area contributed by atoms with E-state index < -0.39 is 5.97 Å². The van der Waals surface area contributed by atoms with Gasteiger partial charge in [0, 0.05) is 13.0 Å². The van der Waals surface area contributed by atoms with E-state index in [0.29, 0.717) is 19.1 Å². The van der Waals surface area contributed by atoms with Gasteiger partial charge in [-0.15, -0.1) is 0 Å². The molecule has 1 aromatic rings. The highest BCUT2D eigenvalue weighted by molar-refractivity contribution is 5.96. The Balaban J connectivity index is 2.37. The van der Waals surface area contributed by atoms with Gasteiger partial charge in [0.15, 0.2) is 11.4 Å². The van der Waals surface area contributed by atoms with Gasteiger partial charge < -0.3 is 15.2 Å². The standard InChI is InChI=1S/C9H13N3O3/c1-2-14-9(13)6-7(10)11-12-4-3-5-15-8(6)12/h2-5H2,1H3,(H2,10,11). The highest BCUT2D eigenvalue weighted by Crippen LogP contribution is 2.28. The van der Waals surface area contributed by atoms with Crippen LogP contribution in [0.4, 0.5) is 5.82 Å². The number of nitrogens with zero attached hydrogens (tertiary/aromatic N) is 2.